The lowest BCUT2D eigenvalue weighted by atomic mass is 10.0. The average Bonchev–Trinajstić information content (AvgIpc) is 2.95. The summed E-state index contributed by atoms with van der Waals surface area (Å²) in [5.41, 5.74) is 1.33. The predicted octanol–water partition coefficient (Wildman–Crippen LogP) is 6.03. The lowest BCUT2D eigenvalue weighted by molar-refractivity contribution is -0.130. The largest absolute Gasteiger partial charge is 0.423 e. The summed E-state index contributed by atoms with van der Waals surface area (Å²) in [7, 11) is 0. The van der Waals surface area contributed by atoms with Crippen LogP contribution in [0.2, 0.25) is 0 Å². The van der Waals surface area contributed by atoms with E-state index >= 15 is 4.39 Å². The molecule has 0 unspecified atom stereocenters. The highest BCUT2D eigenvalue weighted by Crippen LogP contribution is 2.33. The number of hydrogen-bond acceptors (Lipinski definition) is 8. The minimum atomic E-state index is -0.755. The molecule has 0 amide bonds. The van der Waals surface area contributed by atoms with Gasteiger partial charge in [-0.2, -0.15) is 0 Å². The van der Waals surface area contributed by atoms with Gasteiger partial charge in [0, 0.05) is 42.0 Å². The molecule has 9 heteroatoms. The molecular formula is C32H23FO8. The fourth-order valence-electron chi connectivity index (χ4n) is 3.35. The molecule has 0 aliphatic heterocycles. The molecule has 0 spiro atoms. The molecule has 0 saturated carbocycles. The van der Waals surface area contributed by atoms with Crippen LogP contribution in [0, 0.1) is 5.82 Å². The number of benzene rings is 3. The molecule has 3 rings (SSSR count). The van der Waals surface area contributed by atoms with E-state index < -0.39 is 29.7 Å². The van der Waals surface area contributed by atoms with E-state index in [0.29, 0.717) is 11.1 Å². The third kappa shape index (κ3) is 8.59. The van der Waals surface area contributed by atoms with Crippen molar-refractivity contribution in [2.75, 3.05) is 0 Å². The van der Waals surface area contributed by atoms with E-state index in [2.05, 4.69) is 26.3 Å². The standard InChI is InChI=1S/C32H23FO8/c1-5-29(34)38-23-13-21(14-24(18-23)39-30(35)6-2)10-9-20-11-12-27(28(33)15-20)22-16-25(40-31(36)7-3)19-26(17-22)41-32(37)8-4/h5-19H,1-4H2/b10-9+. The first-order valence-corrected chi connectivity index (χ1v) is 11.8. The fraction of sp³-hybridized carbons (Fsp3) is 0. The van der Waals surface area contributed by atoms with Crippen molar-refractivity contribution in [1.82, 2.24) is 0 Å². The molecule has 0 N–H and O–H groups in total. The number of hydrogen-bond donors (Lipinski definition) is 0. The van der Waals surface area contributed by atoms with Crippen molar-refractivity contribution in [3.05, 3.63) is 122 Å². The van der Waals surface area contributed by atoms with Crippen LogP contribution < -0.4 is 18.9 Å². The lowest BCUT2D eigenvalue weighted by Gasteiger charge is -2.11. The zero-order valence-corrected chi connectivity index (χ0v) is 21.6. The number of carbonyl (C=O) groups excluding carboxylic acids is 4. The van der Waals surface area contributed by atoms with Crippen molar-refractivity contribution in [1.29, 1.82) is 0 Å². The topological polar surface area (TPSA) is 105 Å². The van der Waals surface area contributed by atoms with Crippen LogP contribution in [0.4, 0.5) is 4.39 Å². The molecule has 0 aliphatic carbocycles. The Morgan fingerprint density at radius 2 is 0.927 bits per heavy atom. The van der Waals surface area contributed by atoms with Gasteiger partial charge in [-0.15, -0.1) is 0 Å². The molecule has 0 aromatic heterocycles. The summed E-state index contributed by atoms with van der Waals surface area (Å²) in [6, 6.07) is 12.8. The van der Waals surface area contributed by atoms with Crippen molar-refractivity contribution >= 4 is 36.0 Å². The van der Waals surface area contributed by atoms with E-state index in [9.17, 15) is 19.2 Å². The molecule has 0 fully saturated rings. The summed E-state index contributed by atoms with van der Waals surface area (Å²) in [6.45, 7) is 13.4. The second kappa shape index (κ2) is 13.8. The molecule has 41 heavy (non-hydrogen) atoms. The molecule has 0 aliphatic rings. The third-order valence-electron chi connectivity index (χ3n) is 5.10. The van der Waals surface area contributed by atoms with Gasteiger partial charge >= 0.3 is 23.9 Å². The molecule has 0 saturated heterocycles. The Morgan fingerprint density at radius 1 is 0.537 bits per heavy atom. The Hall–Kier alpha value is -5.83. The zero-order chi connectivity index (χ0) is 29.9. The molecule has 0 heterocycles. The van der Waals surface area contributed by atoms with Crippen molar-refractivity contribution in [3.63, 3.8) is 0 Å². The highest BCUT2D eigenvalue weighted by Gasteiger charge is 2.13. The zero-order valence-electron chi connectivity index (χ0n) is 21.6. The van der Waals surface area contributed by atoms with Crippen molar-refractivity contribution in [2.45, 2.75) is 0 Å². The van der Waals surface area contributed by atoms with E-state index in [1.807, 2.05) is 0 Å². The number of rotatable bonds is 11. The van der Waals surface area contributed by atoms with Crippen LogP contribution in [0.5, 0.6) is 23.0 Å². The summed E-state index contributed by atoms with van der Waals surface area (Å²) in [5, 5.41) is 0. The smallest absolute Gasteiger partial charge is 0.335 e. The quantitative estimate of drug-likeness (QED) is 0.123. The Labute approximate surface area is 234 Å². The average molecular weight is 555 g/mol. The van der Waals surface area contributed by atoms with Gasteiger partial charge in [-0.25, -0.2) is 23.6 Å². The van der Waals surface area contributed by atoms with Crippen LogP contribution in [-0.4, -0.2) is 23.9 Å². The number of ether oxygens (including phenoxy) is 4. The van der Waals surface area contributed by atoms with Gasteiger partial charge in [0.2, 0.25) is 0 Å². The van der Waals surface area contributed by atoms with Crippen LogP contribution in [0.25, 0.3) is 23.3 Å². The van der Waals surface area contributed by atoms with Crippen LogP contribution in [-0.2, 0) is 19.2 Å². The maximum atomic E-state index is 15.3. The Morgan fingerprint density at radius 3 is 1.32 bits per heavy atom. The molecule has 206 valence electrons. The van der Waals surface area contributed by atoms with Crippen molar-refractivity contribution < 1.29 is 42.5 Å². The fourth-order valence-corrected chi connectivity index (χ4v) is 3.35. The first-order valence-electron chi connectivity index (χ1n) is 11.8. The molecule has 0 radical (unpaired) electrons. The third-order valence-corrected chi connectivity index (χ3v) is 5.10. The van der Waals surface area contributed by atoms with Gasteiger partial charge in [0.05, 0.1) is 0 Å². The molecular weight excluding hydrogens is 531 g/mol. The molecule has 0 atom stereocenters. The van der Waals surface area contributed by atoms with E-state index in [4.69, 9.17) is 18.9 Å². The molecule has 0 bridgehead atoms. The molecule has 3 aromatic carbocycles. The minimum Gasteiger partial charge on any atom is -0.423 e. The second-order valence-electron chi connectivity index (χ2n) is 8.00. The van der Waals surface area contributed by atoms with Gasteiger partial charge in [-0.05, 0) is 47.0 Å². The van der Waals surface area contributed by atoms with Crippen LogP contribution in [0.3, 0.4) is 0 Å². The molecule has 3 aromatic rings. The van der Waals surface area contributed by atoms with Gasteiger partial charge in [0.1, 0.15) is 28.8 Å². The van der Waals surface area contributed by atoms with Gasteiger partial charge < -0.3 is 18.9 Å². The second-order valence-corrected chi connectivity index (χ2v) is 8.00. The number of carbonyl (C=O) groups is 4. The van der Waals surface area contributed by atoms with Crippen LogP contribution in [0.1, 0.15) is 11.1 Å². The normalized spacial score (nSPS) is 10.3. The summed E-state index contributed by atoms with van der Waals surface area (Å²) >= 11 is 0. The summed E-state index contributed by atoms with van der Waals surface area (Å²) in [5.74, 6) is -3.36. The predicted molar refractivity (Wildman–Crippen MR) is 151 cm³/mol. The Bertz CT molecular complexity index is 1520. The van der Waals surface area contributed by atoms with Crippen LogP contribution >= 0.6 is 0 Å². The van der Waals surface area contributed by atoms with Gasteiger partial charge in [0.15, 0.2) is 0 Å². The number of halogens is 1. The minimum absolute atomic E-state index is 0.00707. The Kier molecular flexibility index (Phi) is 10.0. The SMILES string of the molecule is C=CC(=O)Oc1cc(/C=C/c2ccc(-c3cc(OC(=O)C=C)cc(OC(=O)C=C)c3)c(F)c2)cc(OC(=O)C=C)c1. The summed E-state index contributed by atoms with van der Waals surface area (Å²) < 4.78 is 35.8. The highest BCUT2D eigenvalue weighted by atomic mass is 19.1. The van der Waals surface area contributed by atoms with E-state index in [1.54, 1.807) is 18.2 Å². The maximum Gasteiger partial charge on any atom is 0.335 e. The summed E-state index contributed by atoms with van der Waals surface area (Å²) in [6.07, 6.45) is 7.04. The van der Waals surface area contributed by atoms with Crippen LogP contribution in [0.15, 0.2) is 105 Å². The van der Waals surface area contributed by atoms with E-state index in [1.165, 1.54) is 48.5 Å². The van der Waals surface area contributed by atoms with Gasteiger partial charge in [-0.1, -0.05) is 50.6 Å². The maximum absolute atomic E-state index is 15.3. The first-order chi connectivity index (χ1) is 19.6. The van der Waals surface area contributed by atoms with Gasteiger partial charge in [-0.3, -0.25) is 0 Å². The van der Waals surface area contributed by atoms with E-state index in [-0.39, 0.29) is 34.1 Å². The van der Waals surface area contributed by atoms with E-state index in [0.717, 1.165) is 24.3 Å². The first kappa shape index (κ1) is 29.7. The highest BCUT2D eigenvalue weighted by molar-refractivity contribution is 5.86. The van der Waals surface area contributed by atoms with Crippen molar-refractivity contribution in [2.24, 2.45) is 0 Å². The monoisotopic (exact) mass is 554 g/mol. The Balaban J connectivity index is 1.95. The lowest BCUT2D eigenvalue weighted by Crippen LogP contribution is -2.06. The van der Waals surface area contributed by atoms with Gasteiger partial charge in [0.25, 0.3) is 0 Å². The summed E-state index contributed by atoms with van der Waals surface area (Å²) in [4.78, 5) is 46.7. The number of esters is 4. The molecule has 8 nitrogen and oxygen atoms in total. The van der Waals surface area contributed by atoms with Crippen molar-refractivity contribution in [3.8, 4) is 34.1 Å².